The first kappa shape index (κ1) is 14.4. The third kappa shape index (κ3) is 3.30. The van der Waals surface area contributed by atoms with Gasteiger partial charge in [-0.3, -0.25) is 0 Å². The number of ether oxygens (including phenoxy) is 1. The number of halogens is 3. The van der Waals surface area contributed by atoms with Gasteiger partial charge < -0.3 is 9.84 Å². The highest BCUT2D eigenvalue weighted by atomic mass is 19.4. The van der Waals surface area contributed by atoms with E-state index in [0.29, 0.717) is 5.75 Å². The second-order valence-electron chi connectivity index (χ2n) is 4.40. The topological polar surface area (TPSA) is 29.5 Å². The molecule has 0 aliphatic heterocycles. The van der Waals surface area contributed by atoms with Crippen molar-refractivity contribution in [2.24, 2.45) is 0 Å². The van der Waals surface area contributed by atoms with Crippen molar-refractivity contribution in [2.45, 2.75) is 19.7 Å². The predicted octanol–water partition coefficient (Wildman–Crippen LogP) is 4.30. The summed E-state index contributed by atoms with van der Waals surface area (Å²) in [6.07, 6.45) is -4.54. The van der Waals surface area contributed by atoms with Crippen molar-refractivity contribution >= 4 is 0 Å². The highest BCUT2D eigenvalue weighted by Crippen LogP contribution is 2.38. The molecule has 0 fully saturated rings. The van der Waals surface area contributed by atoms with Gasteiger partial charge in [0.25, 0.3) is 0 Å². The largest absolute Gasteiger partial charge is 0.457 e. The molecule has 0 aromatic heterocycles. The normalized spacial score (nSPS) is 11.4. The van der Waals surface area contributed by atoms with Crippen LogP contribution in [-0.2, 0) is 12.8 Å². The summed E-state index contributed by atoms with van der Waals surface area (Å²) in [7, 11) is 0. The van der Waals surface area contributed by atoms with E-state index in [-0.39, 0.29) is 11.3 Å². The quantitative estimate of drug-likeness (QED) is 0.909. The highest BCUT2D eigenvalue weighted by Gasteiger charge is 2.34. The van der Waals surface area contributed by atoms with E-state index in [2.05, 4.69) is 0 Å². The molecule has 0 unspecified atom stereocenters. The van der Waals surface area contributed by atoms with E-state index in [4.69, 9.17) is 9.84 Å². The maximum atomic E-state index is 13.0. The minimum Gasteiger partial charge on any atom is -0.457 e. The maximum absolute atomic E-state index is 13.0. The van der Waals surface area contributed by atoms with Gasteiger partial charge in [0.15, 0.2) is 0 Å². The fourth-order valence-electron chi connectivity index (χ4n) is 1.79. The molecule has 0 aliphatic rings. The average Bonchev–Trinajstić information content (AvgIpc) is 2.38. The molecule has 0 amide bonds. The molecule has 0 spiro atoms. The molecule has 2 aromatic carbocycles. The first-order valence-electron chi connectivity index (χ1n) is 5.95. The Morgan fingerprint density at radius 1 is 1.10 bits per heavy atom. The lowest BCUT2D eigenvalue weighted by molar-refractivity contribution is -0.138. The highest BCUT2D eigenvalue weighted by molar-refractivity contribution is 5.42. The molecule has 2 aromatic rings. The van der Waals surface area contributed by atoms with E-state index >= 15 is 0 Å². The van der Waals surface area contributed by atoms with Gasteiger partial charge in [-0.2, -0.15) is 13.2 Å². The van der Waals surface area contributed by atoms with Crippen LogP contribution in [0.3, 0.4) is 0 Å². The van der Waals surface area contributed by atoms with E-state index in [1.54, 1.807) is 18.2 Å². The van der Waals surface area contributed by atoms with E-state index in [1.807, 2.05) is 13.0 Å². The van der Waals surface area contributed by atoms with Crippen molar-refractivity contribution < 1.29 is 23.0 Å². The molecule has 1 N–H and O–H groups in total. The molecular formula is C15H13F3O2. The van der Waals surface area contributed by atoms with Crippen LogP contribution in [0.4, 0.5) is 13.2 Å². The van der Waals surface area contributed by atoms with E-state index in [0.717, 1.165) is 11.6 Å². The van der Waals surface area contributed by atoms with Crippen LogP contribution in [0.15, 0.2) is 42.5 Å². The van der Waals surface area contributed by atoms with E-state index in [1.165, 1.54) is 12.1 Å². The van der Waals surface area contributed by atoms with Crippen molar-refractivity contribution in [2.75, 3.05) is 0 Å². The molecule has 0 atom stereocenters. The van der Waals surface area contributed by atoms with Crippen LogP contribution in [0.2, 0.25) is 0 Å². The molecule has 0 bridgehead atoms. The van der Waals surface area contributed by atoms with Gasteiger partial charge in [0.2, 0.25) is 0 Å². The molecule has 0 aliphatic carbocycles. The molecular weight excluding hydrogens is 269 g/mol. The Morgan fingerprint density at radius 2 is 1.85 bits per heavy atom. The molecule has 2 rings (SSSR count). The Balaban J connectivity index is 2.41. The van der Waals surface area contributed by atoms with Crippen LogP contribution in [0.1, 0.15) is 16.7 Å². The Labute approximate surface area is 114 Å². The smallest absolute Gasteiger partial charge is 0.419 e. The number of benzene rings is 2. The van der Waals surface area contributed by atoms with Crippen LogP contribution in [0, 0.1) is 6.92 Å². The number of hydrogen-bond acceptors (Lipinski definition) is 2. The van der Waals surface area contributed by atoms with Gasteiger partial charge in [0.1, 0.15) is 11.5 Å². The summed E-state index contributed by atoms with van der Waals surface area (Å²) in [4.78, 5) is 0. The lowest BCUT2D eigenvalue weighted by Gasteiger charge is -2.15. The first-order chi connectivity index (χ1) is 9.40. The minimum absolute atomic E-state index is 0.189. The Hall–Kier alpha value is -2.01. The summed E-state index contributed by atoms with van der Waals surface area (Å²) in [6, 6.07) is 10.3. The monoisotopic (exact) mass is 282 g/mol. The molecule has 0 radical (unpaired) electrons. The molecule has 20 heavy (non-hydrogen) atoms. The maximum Gasteiger partial charge on any atom is 0.419 e. The van der Waals surface area contributed by atoms with Crippen molar-refractivity contribution in [3.8, 4) is 11.5 Å². The van der Waals surface area contributed by atoms with Crippen molar-refractivity contribution in [3.05, 3.63) is 59.2 Å². The minimum atomic E-state index is -4.54. The second-order valence-corrected chi connectivity index (χ2v) is 4.40. The number of alkyl halides is 3. The van der Waals surface area contributed by atoms with Gasteiger partial charge in [-0.15, -0.1) is 0 Å². The molecule has 0 heterocycles. The summed E-state index contributed by atoms with van der Waals surface area (Å²) >= 11 is 0. The Morgan fingerprint density at radius 3 is 2.45 bits per heavy atom. The third-order valence-electron chi connectivity index (χ3n) is 2.75. The summed E-state index contributed by atoms with van der Waals surface area (Å²) in [5.41, 5.74) is 0.183. The van der Waals surface area contributed by atoms with Crippen LogP contribution >= 0.6 is 0 Å². The fraction of sp³-hybridized carbons (Fsp3) is 0.200. The number of aryl methyl sites for hydroxylation is 1. The van der Waals surface area contributed by atoms with Crippen LogP contribution < -0.4 is 4.74 Å². The van der Waals surface area contributed by atoms with Gasteiger partial charge in [-0.1, -0.05) is 18.2 Å². The van der Waals surface area contributed by atoms with Gasteiger partial charge in [-0.05, 0) is 42.3 Å². The standard InChI is InChI=1S/C15H13F3O2/c1-10-3-2-4-12(7-10)20-14-6-5-11(9-19)8-13(14)15(16,17)18/h2-8,19H,9H2,1H3. The summed E-state index contributed by atoms with van der Waals surface area (Å²) in [5, 5.41) is 8.94. The zero-order valence-corrected chi connectivity index (χ0v) is 10.7. The number of aliphatic hydroxyl groups is 1. The summed E-state index contributed by atoms with van der Waals surface area (Å²) in [5.74, 6) is 0.0625. The zero-order chi connectivity index (χ0) is 14.8. The molecule has 0 saturated heterocycles. The molecule has 0 saturated carbocycles. The van der Waals surface area contributed by atoms with Gasteiger partial charge in [-0.25, -0.2) is 0 Å². The third-order valence-corrected chi connectivity index (χ3v) is 2.75. The fourth-order valence-corrected chi connectivity index (χ4v) is 1.79. The van der Waals surface area contributed by atoms with Gasteiger partial charge in [0.05, 0.1) is 12.2 Å². The summed E-state index contributed by atoms with van der Waals surface area (Å²) < 4.78 is 44.3. The second kappa shape index (κ2) is 5.54. The lowest BCUT2D eigenvalue weighted by Crippen LogP contribution is -2.08. The molecule has 106 valence electrons. The number of hydrogen-bond donors (Lipinski definition) is 1. The molecule has 2 nitrogen and oxygen atoms in total. The van der Waals surface area contributed by atoms with Crippen molar-refractivity contribution in [1.29, 1.82) is 0 Å². The molecule has 5 heteroatoms. The van der Waals surface area contributed by atoms with Gasteiger partial charge >= 0.3 is 6.18 Å². The lowest BCUT2D eigenvalue weighted by atomic mass is 10.1. The zero-order valence-electron chi connectivity index (χ0n) is 10.7. The Bertz CT molecular complexity index is 606. The van der Waals surface area contributed by atoms with Crippen molar-refractivity contribution in [3.63, 3.8) is 0 Å². The van der Waals surface area contributed by atoms with Crippen molar-refractivity contribution in [1.82, 2.24) is 0 Å². The SMILES string of the molecule is Cc1cccc(Oc2ccc(CO)cc2C(F)(F)F)c1. The predicted molar refractivity (Wildman–Crippen MR) is 68.6 cm³/mol. The number of rotatable bonds is 3. The van der Waals surface area contributed by atoms with E-state index in [9.17, 15) is 13.2 Å². The number of aliphatic hydroxyl groups excluding tert-OH is 1. The van der Waals surface area contributed by atoms with Gasteiger partial charge in [0, 0.05) is 0 Å². The van der Waals surface area contributed by atoms with Crippen LogP contribution in [-0.4, -0.2) is 5.11 Å². The van der Waals surface area contributed by atoms with Crippen LogP contribution in [0.25, 0.3) is 0 Å². The van der Waals surface area contributed by atoms with Crippen LogP contribution in [0.5, 0.6) is 11.5 Å². The van der Waals surface area contributed by atoms with E-state index < -0.39 is 18.3 Å². The average molecular weight is 282 g/mol. The first-order valence-corrected chi connectivity index (χ1v) is 5.95. The Kier molecular flexibility index (Phi) is 3.99. The summed E-state index contributed by atoms with van der Waals surface area (Å²) in [6.45, 7) is 1.38.